The summed E-state index contributed by atoms with van der Waals surface area (Å²) in [6, 6.07) is 7.91. The zero-order chi connectivity index (χ0) is 15.6. The van der Waals surface area contributed by atoms with E-state index >= 15 is 0 Å². The molecule has 0 aliphatic carbocycles. The van der Waals surface area contributed by atoms with Gasteiger partial charge in [-0.2, -0.15) is 13.2 Å². The predicted molar refractivity (Wildman–Crippen MR) is 70.4 cm³/mol. The normalized spacial score (nSPS) is 13.0. The first kappa shape index (κ1) is 15.3. The number of benzene rings is 2. The first-order valence-electron chi connectivity index (χ1n) is 6.09. The summed E-state index contributed by atoms with van der Waals surface area (Å²) in [4.78, 5) is 0. The van der Waals surface area contributed by atoms with Crippen molar-refractivity contribution < 1.29 is 22.3 Å². The van der Waals surface area contributed by atoms with Crippen LogP contribution in [-0.4, -0.2) is 7.11 Å². The van der Waals surface area contributed by atoms with E-state index in [1.807, 2.05) is 0 Å². The van der Waals surface area contributed by atoms with Crippen LogP contribution in [0.15, 0.2) is 42.5 Å². The Kier molecular flexibility index (Phi) is 4.18. The maximum absolute atomic E-state index is 13.3. The van der Waals surface area contributed by atoms with Gasteiger partial charge in [0.05, 0.1) is 18.7 Å². The maximum Gasteiger partial charge on any atom is 0.416 e. The van der Waals surface area contributed by atoms with Crippen LogP contribution in [-0.2, 0) is 6.18 Å². The molecule has 2 N–H and O–H groups in total. The molecule has 0 radical (unpaired) electrons. The van der Waals surface area contributed by atoms with Crippen molar-refractivity contribution in [3.8, 4) is 5.75 Å². The zero-order valence-corrected chi connectivity index (χ0v) is 11.1. The second kappa shape index (κ2) is 5.73. The fourth-order valence-electron chi connectivity index (χ4n) is 1.97. The molecule has 112 valence electrons. The molecule has 0 amide bonds. The van der Waals surface area contributed by atoms with Gasteiger partial charge in [-0.3, -0.25) is 0 Å². The van der Waals surface area contributed by atoms with Crippen molar-refractivity contribution in [2.75, 3.05) is 7.11 Å². The van der Waals surface area contributed by atoms with Crippen molar-refractivity contribution in [1.29, 1.82) is 0 Å². The fraction of sp³-hybridized carbons (Fsp3) is 0.200. The molecule has 0 heterocycles. The summed E-state index contributed by atoms with van der Waals surface area (Å²) in [5, 5.41) is 0. The minimum atomic E-state index is -4.43. The lowest BCUT2D eigenvalue weighted by Gasteiger charge is -2.16. The van der Waals surface area contributed by atoms with Gasteiger partial charge >= 0.3 is 6.18 Å². The van der Waals surface area contributed by atoms with Crippen LogP contribution in [0.1, 0.15) is 22.7 Å². The lowest BCUT2D eigenvalue weighted by Crippen LogP contribution is -2.14. The van der Waals surface area contributed by atoms with Gasteiger partial charge in [0.15, 0.2) is 11.6 Å². The molecule has 0 fully saturated rings. The van der Waals surface area contributed by atoms with Gasteiger partial charge in [-0.05, 0) is 35.4 Å². The topological polar surface area (TPSA) is 35.2 Å². The van der Waals surface area contributed by atoms with Gasteiger partial charge < -0.3 is 10.5 Å². The number of rotatable bonds is 3. The van der Waals surface area contributed by atoms with Crippen molar-refractivity contribution >= 4 is 0 Å². The average Bonchev–Trinajstić information content (AvgIpc) is 2.46. The third-order valence-electron chi connectivity index (χ3n) is 3.11. The molecule has 0 saturated heterocycles. The van der Waals surface area contributed by atoms with Crippen molar-refractivity contribution in [1.82, 2.24) is 0 Å². The molecule has 2 aromatic rings. The van der Waals surface area contributed by atoms with Crippen molar-refractivity contribution in [3.63, 3.8) is 0 Å². The molecule has 0 aliphatic rings. The summed E-state index contributed by atoms with van der Waals surface area (Å²) < 4.78 is 56.3. The van der Waals surface area contributed by atoms with Crippen LogP contribution in [0.3, 0.4) is 0 Å². The molecule has 2 rings (SSSR count). The van der Waals surface area contributed by atoms with E-state index in [4.69, 9.17) is 10.5 Å². The van der Waals surface area contributed by atoms with Crippen LogP contribution in [0.4, 0.5) is 17.6 Å². The van der Waals surface area contributed by atoms with E-state index in [1.165, 1.54) is 37.4 Å². The molecule has 6 heteroatoms. The summed E-state index contributed by atoms with van der Waals surface area (Å²) in [5.74, 6) is -0.563. The number of alkyl halides is 3. The second-order valence-corrected chi connectivity index (χ2v) is 4.49. The molecule has 0 aliphatic heterocycles. The number of hydrogen-bond donors (Lipinski definition) is 1. The smallest absolute Gasteiger partial charge is 0.416 e. The Hall–Kier alpha value is -2.08. The number of methoxy groups -OCH3 is 1. The van der Waals surface area contributed by atoms with Gasteiger partial charge in [0.25, 0.3) is 0 Å². The largest absolute Gasteiger partial charge is 0.494 e. The van der Waals surface area contributed by atoms with Crippen molar-refractivity contribution in [2.24, 2.45) is 5.73 Å². The Morgan fingerprint density at radius 3 is 2.33 bits per heavy atom. The first-order chi connectivity index (χ1) is 9.82. The van der Waals surface area contributed by atoms with Crippen LogP contribution in [0, 0.1) is 5.82 Å². The minimum absolute atomic E-state index is 0.00470. The molecule has 0 bridgehead atoms. The van der Waals surface area contributed by atoms with Gasteiger partial charge in [0.1, 0.15) is 0 Å². The molecule has 0 saturated carbocycles. The van der Waals surface area contributed by atoms with Gasteiger partial charge in [-0.15, -0.1) is 0 Å². The van der Waals surface area contributed by atoms with Crippen LogP contribution >= 0.6 is 0 Å². The monoisotopic (exact) mass is 299 g/mol. The summed E-state index contributed by atoms with van der Waals surface area (Å²) in [6.07, 6.45) is -4.43. The van der Waals surface area contributed by atoms with Crippen LogP contribution in [0.25, 0.3) is 0 Å². The lowest BCUT2D eigenvalue weighted by atomic mass is 9.97. The quantitative estimate of drug-likeness (QED) is 0.872. The van der Waals surface area contributed by atoms with Gasteiger partial charge in [-0.25, -0.2) is 4.39 Å². The lowest BCUT2D eigenvalue weighted by molar-refractivity contribution is -0.137. The third-order valence-corrected chi connectivity index (χ3v) is 3.11. The number of halogens is 4. The highest BCUT2D eigenvalue weighted by molar-refractivity contribution is 5.38. The molecular formula is C15H13F4NO. The Morgan fingerprint density at radius 2 is 1.71 bits per heavy atom. The molecule has 0 aromatic heterocycles. The van der Waals surface area contributed by atoms with Crippen molar-refractivity contribution in [2.45, 2.75) is 12.2 Å². The highest BCUT2D eigenvalue weighted by atomic mass is 19.4. The Morgan fingerprint density at radius 1 is 1.05 bits per heavy atom. The molecule has 1 atom stereocenters. The summed E-state index contributed by atoms with van der Waals surface area (Å²) in [5.41, 5.74) is 5.94. The molecular weight excluding hydrogens is 286 g/mol. The van der Waals surface area contributed by atoms with E-state index in [0.29, 0.717) is 11.1 Å². The Labute approximate surface area is 119 Å². The zero-order valence-electron chi connectivity index (χ0n) is 11.1. The van der Waals surface area contributed by atoms with E-state index in [2.05, 4.69) is 0 Å². The molecule has 2 nitrogen and oxygen atoms in total. The minimum Gasteiger partial charge on any atom is -0.494 e. The van der Waals surface area contributed by atoms with Gasteiger partial charge in [0.2, 0.25) is 0 Å². The fourth-order valence-corrected chi connectivity index (χ4v) is 1.97. The SMILES string of the molecule is COc1cc(C(N)c2cccc(C(F)(F)F)c2)ccc1F. The standard InChI is InChI=1S/C15H13F4NO/c1-21-13-8-10(5-6-12(13)16)14(20)9-3-2-4-11(7-9)15(17,18)19/h2-8,14H,20H2,1H3. The summed E-state index contributed by atoms with van der Waals surface area (Å²) in [7, 11) is 1.30. The van der Waals surface area contributed by atoms with Gasteiger partial charge in [0, 0.05) is 0 Å². The maximum atomic E-state index is 13.3. The molecule has 21 heavy (non-hydrogen) atoms. The average molecular weight is 299 g/mol. The predicted octanol–water partition coefficient (Wildman–Crippen LogP) is 3.90. The molecule has 1 unspecified atom stereocenters. The third kappa shape index (κ3) is 3.33. The highest BCUT2D eigenvalue weighted by Crippen LogP contribution is 2.32. The molecule has 0 spiro atoms. The van der Waals surface area contributed by atoms with E-state index in [0.717, 1.165) is 12.1 Å². The number of hydrogen-bond acceptors (Lipinski definition) is 2. The highest BCUT2D eigenvalue weighted by Gasteiger charge is 2.30. The Bertz CT molecular complexity index is 640. The summed E-state index contributed by atoms with van der Waals surface area (Å²) >= 11 is 0. The van der Waals surface area contributed by atoms with E-state index < -0.39 is 23.6 Å². The Balaban J connectivity index is 2.38. The van der Waals surface area contributed by atoms with Crippen molar-refractivity contribution in [3.05, 3.63) is 65.0 Å². The number of ether oxygens (including phenoxy) is 1. The summed E-state index contributed by atoms with van der Waals surface area (Å²) in [6.45, 7) is 0. The van der Waals surface area contributed by atoms with Crippen LogP contribution < -0.4 is 10.5 Å². The second-order valence-electron chi connectivity index (χ2n) is 4.49. The van der Waals surface area contributed by atoms with E-state index in [-0.39, 0.29) is 5.75 Å². The molecule has 2 aromatic carbocycles. The van der Waals surface area contributed by atoms with Crippen LogP contribution in [0.5, 0.6) is 5.75 Å². The van der Waals surface area contributed by atoms with E-state index in [9.17, 15) is 17.6 Å². The first-order valence-corrected chi connectivity index (χ1v) is 6.09. The van der Waals surface area contributed by atoms with E-state index in [1.54, 1.807) is 0 Å². The van der Waals surface area contributed by atoms with Crippen LogP contribution in [0.2, 0.25) is 0 Å². The number of nitrogens with two attached hydrogens (primary N) is 1. The van der Waals surface area contributed by atoms with Gasteiger partial charge in [-0.1, -0.05) is 18.2 Å².